The van der Waals surface area contributed by atoms with Gasteiger partial charge in [-0.2, -0.15) is 0 Å². The second kappa shape index (κ2) is 5.32. The van der Waals surface area contributed by atoms with Crippen molar-refractivity contribution in [3.8, 4) is 0 Å². The van der Waals surface area contributed by atoms with E-state index in [-0.39, 0.29) is 5.92 Å². The summed E-state index contributed by atoms with van der Waals surface area (Å²) in [5.41, 5.74) is -0.466. The van der Waals surface area contributed by atoms with Gasteiger partial charge in [0, 0.05) is 19.4 Å². The molecule has 0 aromatic rings. The van der Waals surface area contributed by atoms with Crippen LogP contribution in [-0.4, -0.2) is 24.0 Å². The average molecular weight is 227 g/mol. The van der Waals surface area contributed by atoms with Gasteiger partial charge >= 0.3 is 6.09 Å². The fraction of sp³-hybridized carbons (Fsp3) is 0.833. The predicted molar refractivity (Wildman–Crippen MR) is 61.2 cm³/mol. The van der Waals surface area contributed by atoms with Crippen molar-refractivity contribution < 1.29 is 14.3 Å². The lowest BCUT2D eigenvalue weighted by atomic mass is 9.88. The van der Waals surface area contributed by atoms with E-state index in [4.69, 9.17) is 4.74 Å². The third-order valence-electron chi connectivity index (χ3n) is 2.52. The molecule has 1 atom stereocenters. The molecule has 0 aliphatic heterocycles. The maximum Gasteiger partial charge on any atom is 0.407 e. The number of ether oxygens (including phenoxy) is 1. The molecule has 1 fully saturated rings. The molecule has 0 spiro atoms. The SMILES string of the molecule is CC(C)(C)OC(=O)NC[C@H]1CCCC(=O)C1. The van der Waals surface area contributed by atoms with Crippen molar-refractivity contribution in [2.45, 2.75) is 52.1 Å². The maximum atomic E-state index is 11.4. The number of hydrogen-bond donors (Lipinski definition) is 1. The standard InChI is InChI=1S/C12H21NO3/c1-12(2,3)16-11(15)13-8-9-5-4-6-10(14)7-9/h9H,4-8H2,1-3H3,(H,13,15)/t9-/m0/s1. The Bertz CT molecular complexity index is 268. The predicted octanol–water partition coefficient (Wildman–Crippen LogP) is 2.27. The summed E-state index contributed by atoms with van der Waals surface area (Å²) in [6, 6.07) is 0. The zero-order valence-corrected chi connectivity index (χ0v) is 10.3. The second-order valence-electron chi connectivity index (χ2n) is 5.38. The summed E-state index contributed by atoms with van der Waals surface area (Å²) in [5.74, 6) is 0.594. The van der Waals surface area contributed by atoms with Gasteiger partial charge in [-0.25, -0.2) is 4.79 Å². The smallest absolute Gasteiger partial charge is 0.407 e. The van der Waals surface area contributed by atoms with E-state index >= 15 is 0 Å². The molecule has 1 saturated carbocycles. The Balaban J connectivity index is 2.23. The first-order valence-electron chi connectivity index (χ1n) is 5.85. The molecule has 1 amide bonds. The molecule has 1 aliphatic carbocycles. The number of ketones is 1. The van der Waals surface area contributed by atoms with Gasteiger partial charge in [-0.3, -0.25) is 4.79 Å². The number of carbonyl (C=O) groups excluding carboxylic acids is 2. The van der Waals surface area contributed by atoms with Crippen LogP contribution in [0.5, 0.6) is 0 Å². The second-order valence-corrected chi connectivity index (χ2v) is 5.38. The number of Topliss-reactive ketones (excluding diaryl/α,β-unsaturated/α-hetero) is 1. The quantitative estimate of drug-likeness (QED) is 0.787. The molecular formula is C12H21NO3. The van der Waals surface area contributed by atoms with E-state index in [9.17, 15) is 9.59 Å². The third kappa shape index (κ3) is 5.14. The molecule has 1 N–H and O–H groups in total. The molecule has 0 unspecified atom stereocenters. The highest BCUT2D eigenvalue weighted by molar-refractivity contribution is 5.79. The summed E-state index contributed by atoms with van der Waals surface area (Å²) in [6.45, 7) is 6.03. The fourth-order valence-corrected chi connectivity index (χ4v) is 1.83. The third-order valence-corrected chi connectivity index (χ3v) is 2.52. The lowest BCUT2D eigenvalue weighted by Gasteiger charge is -2.23. The molecule has 92 valence electrons. The summed E-state index contributed by atoms with van der Waals surface area (Å²) in [4.78, 5) is 22.6. The number of rotatable bonds is 2. The van der Waals surface area contributed by atoms with Crippen LogP contribution in [0.2, 0.25) is 0 Å². The van der Waals surface area contributed by atoms with Crippen LogP contribution in [0.25, 0.3) is 0 Å². The number of amides is 1. The van der Waals surface area contributed by atoms with Gasteiger partial charge < -0.3 is 10.1 Å². The van der Waals surface area contributed by atoms with Crippen molar-refractivity contribution in [1.29, 1.82) is 0 Å². The zero-order valence-electron chi connectivity index (χ0n) is 10.3. The molecule has 0 heterocycles. The van der Waals surface area contributed by atoms with E-state index in [1.807, 2.05) is 20.8 Å². The number of hydrogen-bond acceptors (Lipinski definition) is 3. The Kier molecular flexibility index (Phi) is 4.33. The summed E-state index contributed by atoms with van der Waals surface area (Å²) in [5, 5.41) is 2.72. The minimum Gasteiger partial charge on any atom is -0.444 e. The molecule has 16 heavy (non-hydrogen) atoms. The Labute approximate surface area is 96.7 Å². The fourth-order valence-electron chi connectivity index (χ4n) is 1.83. The van der Waals surface area contributed by atoms with Gasteiger partial charge in [-0.15, -0.1) is 0 Å². The Morgan fingerprint density at radius 1 is 1.50 bits per heavy atom. The lowest BCUT2D eigenvalue weighted by Crippen LogP contribution is -2.36. The Morgan fingerprint density at radius 2 is 2.19 bits per heavy atom. The molecule has 4 heteroatoms. The van der Waals surface area contributed by atoms with Crippen molar-refractivity contribution in [2.24, 2.45) is 5.92 Å². The Morgan fingerprint density at radius 3 is 2.75 bits per heavy atom. The minimum atomic E-state index is -0.466. The molecule has 0 saturated heterocycles. The molecular weight excluding hydrogens is 206 g/mol. The lowest BCUT2D eigenvalue weighted by molar-refractivity contribution is -0.121. The van der Waals surface area contributed by atoms with E-state index in [1.54, 1.807) is 0 Å². The number of alkyl carbamates (subject to hydrolysis) is 1. The molecule has 0 bridgehead atoms. The van der Waals surface area contributed by atoms with Gasteiger partial charge in [0.25, 0.3) is 0 Å². The normalized spacial score (nSPS) is 21.7. The molecule has 1 rings (SSSR count). The van der Waals surface area contributed by atoms with Crippen molar-refractivity contribution >= 4 is 11.9 Å². The van der Waals surface area contributed by atoms with E-state index in [2.05, 4.69) is 5.32 Å². The van der Waals surface area contributed by atoms with E-state index in [1.165, 1.54) is 0 Å². The van der Waals surface area contributed by atoms with Crippen LogP contribution in [0.1, 0.15) is 46.5 Å². The average Bonchev–Trinajstić information content (AvgIpc) is 2.12. The van der Waals surface area contributed by atoms with E-state index < -0.39 is 11.7 Å². The zero-order chi connectivity index (χ0) is 12.2. The van der Waals surface area contributed by atoms with Crippen LogP contribution < -0.4 is 5.32 Å². The Hall–Kier alpha value is -1.06. The highest BCUT2D eigenvalue weighted by Gasteiger charge is 2.21. The summed E-state index contributed by atoms with van der Waals surface area (Å²) >= 11 is 0. The van der Waals surface area contributed by atoms with Gasteiger partial charge in [-0.1, -0.05) is 0 Å². The largest absolute Gasteiger partial charge is 0.444 e. The van der Waals surface area contributed by atoms with Crippen LogP contribution in [0, 0.1) is 5.92 Å². The summed E-state index contributed by atoms with van der Waals surface area (Å²) in [6.07, 6.45) is 2.85. The highest BCUT2D eigenvalue weighted by atomic mass is 16.6. The first-order chi connectivity index (χ1) is 7.37. The van der Waals surface area contributed by atoms with Crippen LogP contribution in [-0.2, 0) is 9.53 Å². The topological polar surface area (TPSA) is 55.4 Å². The maximum absolute atomic E-state index is 11.4. The van der Waals surface area contributed by atoms with E-state index in [0.717, 1.165) is 12.8 Å². The minimum absolute atomic E-state index is 0.286. The first kappa shape index (κ1) is 13.0. The molecule has 1 aliphatic rings. The summed E-state index contributed by atoms with van der Waals surface area (Å²) in [7, 11) is 0. The van der Waals surface area contributed by atoms with Crippen molar-refractivity contribution in [3.63, 3.8) is 0 Å². The molecule has 0 radical (unpaired) electrons. The van der Waals surface area contributed by atoms with Crippen molar-refractivity contribution in [1.82, 2.24) is 5.32 Å². The molecule has 0 aromatic heterocycles. The molecule has 4 nitrogen and oxygen atoms in total. The van der Waals surface area contributed by atoms with E-state index in [0.29, 0.717) is 25.2 Å². The van der Waals surface area contributed by atoms with Gasteiger partial charge in [-0.05, 0) is 39.5 Å². The van der Waals surface area contributed by atoms with Gasteiger partial charge in [0.2, 0.25) is 0 Å². The number of carbonyl (C=O) groups is 2. The first-order valence-corrected chi connectivity index (χ1v) is 5.85. The highest BCUT2D eigenvalue weighted by Crippen LogP contribution is 2.20. The number of nitrogens with one attached hydrogen (secondary N) is 1. The van der Waals surface area contributed by atoms with Crippen molar-refractivity contribution in [3.05, 3.63) is 0 Å². The molecule has 0 aromatic carbocycles. The van der Waals surface area contributed by atoms with Gasteiger partial charge in [0.15, 0.2) is 0 Å². The van der Waals surface area contributed by atoms with Crippen LogP contribution in [0.4, 0.5) is 4.79 Å². The van der Waals surface area contributed by atoms with Crippen LogP contribution in [0.3, 0.4) is 0 Å². The van der Waals surface area contributed by atoms with Crippen LogP contribution in [0.15, 0.2) is 0 Å². The van der Waals surface area contributed by atoms with Gasteiger partial charge in [0.1, 0.15) is 11.4 Å². The van der Waals surface area contributed by atoms with Crippen LogP contribution >= 0.6 is 0 Å². The monoisotopic (exact) mass is 227 g/mol. The van der Waals surface area contributed by atoms with Crippen molar-refractivity contribution in [2.75, 3.05) is 6.54 Å². The summed E-state index contributed by atoms with van der Waals surface area (Å²) < 4.78 is 5.12. The van der Waals surface area contributed by atoms with Gasteiger partial charge in [0.05, 0.1) is 0 Å².